The average molecular weight is 817 g/mol. The summed E-state index contributed by atoms with van der Waals surface area (Å²) in [5.41, 5.74) is 3.63. The molecule has 4 aromatic rings. The summed E-state index contributed by atoms with van der Waals surface area (Å²) in [7, 11) is 0. The fourth-order valence-corrected chi connectivity index (χ4v) is 11.0. The van der Waals surface area contributed by atoms with Crippen LogP contribution in [0.4, 0.5) is 21.6 Å². The Balaban J connectivity index is 1.31. The van der Waals surface area contributed by atoms with Gasteiger partial charge >= 0.3 is 11.9 Å². The lowest BCUT2D eigenvalue weighted by molar-refractivity contribution is 0.0684. The van der Waals surface area contributed by atoms with Crippen LogP contribution in [-0.2, 0) is 21.7 Å². The van der Waals surface area contributed by atoms with Gasteiger partial charge in [0.25, 0.3) is 0 Å². The predicted octanol–water partition coefficient (Wildman–Crippen LogP) is 10.1. The van der Waals surface area contributed by atoms with E-state index in [0.29, 0.717) is 25.2 Å². The Morgan fingerprint density at radius 2 is 1.39 bits per heavy atom. The zero-order valence-corrected chi connectivity index (χ0v) is 36.5. The largest absolute Gasteiger partial charge is 0.507 e. The van der Waals surface area contributed by atoms with Crippen LogP contribution in [0.2, 0.25) is 0 Å². The third-order valence-electron chi connectivity index (χ3n) is 12.0. The topological polar surface area (TPSA) is 162 Å². The molecule has 0 bridgehead atoms. The fourth-order valence-electron chi connectivity index (χ4n) is 8.27. The first kappa shape index (κ1) is 42.1. The summed E-state index contributed by atoms with van der Waals surface area (Å²) in [6.45, 7) is 23.4. The smallest absolute Gasteiger partial charge is 0.339 e. The third-order valence-corrected chi connectivity index (χ3v) is 14.9. The summed E-state index contributed by atoms with van der Waals surface area (Å²) >= 11 is 3.39. The number of carboxylic acid groups (broad SMARTS) is 2. The van der Waals surface area contributed by atoms with Crippen molar-refractivity contribution in [1.29, 1.82) is 0 Å². The van der Waals surface area contributed by atoms with Gasteiger partial charge in [0.1, 0.15) is 17.0 Å². The van der Waals surface area contributed by atoms with Crippen molar-refractivity contribution in [3.05, 3.63) is 74.7 Å². The molecule has 2 unspecified atom stereocenters. The fraction of sp³-hybridized carbons (Fsp3) is 0.523. The number of carbonyl (C=O) groups is 2. The number of aromatic hydroxyl groups is 1. The van der Waals surface area contributed by atoms with Gasteiger partial charge in [-0.3, -0.25) is 0 Å². The molecule has 0 fully saturated rings. The molecule has 2 atom stereocenters. The van der Waals surface area contributed by atoms with E-state index in [1.54, 1.807) is 40.9 Å². The molecule has 2 aliphatic rings. The van der Waals surface area contributed by atoms with Crippen LogP contribution in [0.1, 0.15) is 143 Å². The highest BCUT2D eigenvalue weighted by molar-refractivity contribution is 7.16. The van der Waals surface area contributed by atoms with E-state index in [2.05, 4.69) is 84.2 Å². The van der Waals surface area contributed by atoms with Gasteiger partial charge < -0.3 is 30.3 Å². The molecule has 13 heteroatoms. The standard InChI is InChI=1S/C44H57N5O6S2/c1-25(2)23-48(29-15-16-30(38(53)54)31(50)21-29)40-46-34-36(57-40)41(4,5)19-20-44(34,10)18-17-26(3)24-49(28-13-11-27(12-14-28)37(51)52)39-45-33-35(56-39)42(6,7)22-32(47-55)43(33,8)9/h11-16,21,25-26,50,55H,17-20,22-24H2,1-10H3,(H,51,52)(H,53,54)/p+1/b47-32-. The second-order valence-corrected chi connectivity index (χ2v) is 20.6. The Labute approximate surface area is 344 Å². The minimum atomic E-state index is -1.17. The molecule has 2 heterocycles. The summed E-state index contributed by atoms with van der Waals surface area (Å²) in [4.78, 5) is 40.9. The number of aromatic nitrogens is 2. The van der Waals surface area contributed by atoms with Crippen molar-refractivity contribution in [2.24, 2.45) is 17.0 Å². The van der Waals surface area contributed by atoms with Crippen LogP contribution in [0, 0.1) is 11.8 Å². The van der Waals surface area contributed by atoms with Crippen LogP contribution in [0.15, 0.2) is 47.6 Å². The number of benzene rings is 2. The second-order valence-electron chi connectivity index (χ2n) is 18.7. The molecule has 0 saturated heterocycles. The Morgan fingerprint density at radius 3 is 1.95 bits per heavy atom. The molecule has 2 aromatic heterocycles. The van der Waals surface area contributed by atoms with Crippen LogP contribution in [0.25, 0.3) is 0 Å². The Bertz CT molecular complexity index is 2190. The number of rotatable bonds is 13. The molecule has 0 aliphatic heterocycles. The molecule has 2 aromatic carbocycles. The summed E-state index contributed by atoms with van der Waals surface area (Å²) in [5, 5.41) is 43.4. The third kappa shape index (κ3) is 8.14. The van der Waals surface area contributed by atoms with Crippen molar-refractivity contribution in [2.75, 3.05) is 22.9 Å². The van der Waals surface area contributed by atoms with Crippen molar-refractivity contribution in [3.63, 3.8) is 0 Å². The lowest BCUT2D eigenvalue weighted by atomic mass is 9.65. The van der Waals surface area contributed by atoms with E-state index in [0.717, 1.165) is 58.7 Å². The highest BCUT2D eigenvalue weighted by Gasteiger charge is 2.47. The summed E-state index contributed by atoms with van der Waals surface area (Å²) in [6.07, 6.45) is 4.54. The van der Waals surface area contributed by atoms with E-state index in [1.165, 1.54) is 21.9 Å². The number of carboxylic acids is 2. The average Bonchev–Trinajstić information content (AvgIpc) is 3.81. The molecule has 0 radical (unpaired) electrons. The molecule has 11 nitrogen and oxygen atoms in total. The molecule has 0 spiro atoms. The number of phenols is 1. The van der Waals surface area contributed by atoms with Crippen molar-refractivity contribution < 1.29 is 30.1 Å². The minimum absolute atomic E-state index is 0.0653. The molecular formula is C44H58N5O6S2+. The number of hydrogen-bond acceptors (Lipinski definition) is 10. The van der Waals surface area contributed by atoms with E-state index in [1.807, 2.05) is 12.1 Å². The van der Waals surface area contributed by atoms with Crippen LogP contribution in [-0.4, -0.2) is 61.2 Å². The number of aromatic carboxylic acids is 2. The Morgan fingerprint density at radius 1 is 0.807 bits per heavy atom. The maximum absolute atomic E-state index is 11.8. The highest BCUT2D eigenvalue weighted by Crippen LogP contribution is 2.53. The van der Waals surface area contributed by atoms with E-state index >= 15 is 0 Å². The number of nitrogens with zero attached hydrogens (tertiary/aromatic N) is 5. The first-order valence-corrected chi connectivity index (χ1v) is 21.4. The second kappa shape index (κ2) is 15.4. The van der Waals surface area contributed by atoms with E-state index in [-0.39, 0.29) is 45.0 Å². The first-order valence-electron chi connectivity index (χ1n) is 19.8. The first-order chi connectivity index (χ1) is 26.6. The molecule has 0 saturated carbocycles. The van der Waals surface area contributed by atoms with Crippen molar-refractivity contribution in [1.82, 2.24) is 9.97 Å². The van der Waals surface area contributed by atoms with Gasteiger partial charge in [-0.05, 0) is 87.8 Å². The molecule has 6 rings (SSSR count). The monoisotopic (exact) mass is 816 g/mol. The van der Waals surface area contributed by atoms with Gasteiger partial charge in [-0.2, -0.15) is 0 Å². The quantitative estimate of drug-likeness (QED) is 0.0881. The Kier molecular flexibility index (Phi) is 11.3. The van der Waals surface area contributed by atoms with Gasteiger partial charge in [-0.25, -0.2) is 19.6 Å². The maximum atomic E-state index is 11.8. The number of thiazole rings is 2. The number of fused-ring (bicyclic) bond motifs is 2. The van der Waals surface area contributed by atoms with Gasteiger partial charge in [0, 0.05) is 68.1 Å². The van der Waals surface area contributed by atoms with E-state index in [9.17, 15) is 24.9 Å². The van der Waals surface area contributed by atoms with Crippen molar-refractivity contribution in [3.8, 4) is 5.75 Å². The number of anilines is 4. The molecule has 0 amide bonds. The van der Waals surface area contributed by atoms with E-state index < -0.39 is 17.4 Å². The maximum Gasteiger partial charge on any atom is 0.339 e. The van der Waals surface area contributed by atoms with Gasteiger partial charge in [0.15, 0.2) is 10.3 Å². The molecule has 306 valence electrons. The lowest BCUT2D eigenvalue weighted by Gasteiger charge is -2.40. The SMILES string of the molecule is CC(C)CN(c1ccc(C(=O)O)c(O)c1)c1nc2c(s1)C(C)(C)CCC2(C)CCC(C)CN(c1ccc(C(=O)O)cc1)c1nc2c(s1)C(C)(C)C/C(=N/[OH2+])C2(C)C. The molecule has 2 aliphatic carbocycles. The highest BCUT2D eigenvalue weighted by atomic mass is 32.1. The normalized spacial score (nSPS) is 20.5. The predicted molar refractivity (Wildman–Crippen MR) is 231 cm³/mol. The molecular weight excluding hydrogens is 759 g/mol. The van der Waals surface area contributed by atoms with Gasteiger partial charge in [-0.15, -0.1) is 22.7 Å². The minimum Gasteiger partial charge on any atom is -0.507 e. The van der Waals surface area contributed by atoms with Crippen LogP contribution < -0.4 is 9.80 Å². The zero-order valence-electron chi connectivity index (χ0n) is 34.9. The Hall–Kier alpha value is -4.49. The lowest BCUT2D eigenvalue weighted by Crippen LogP contribution is -2.41. The summed E-state index contributed by atoms with van der Waals surface area (Å²) in [5.74, 6) is -1.88. The van der Waals surface area contributed by atoms with Crippen LogP contribution in [0.3, 0.4) is 0 Å². The van der Waals surface area contributed by atoms with Gasteiger partial charge in [0.05, 0.1) is 22.4 Å². The molecule has 57 heavy (non-hydrogen) atoms. The zero-order chi connectivity index (χ0) is 41.8. The summed E-state index contributed by atoms with van der Waals surface area (Å²) in [6, 6.07) is 11.8. The molecule has 5 N–H and O–H groups in total. The summed E-state index contributed by atoms with van der Waals surface area (Å²) < 4.78 is 0. The van der Waals surface area contributed by atoms with Crippen molar-refractivity contribution >= 4 is 62.0 Å². The van der Waals surface area contributed by atoms with Gasteiger partial charge in [0.2, 0.25) is 0 Å². The van der Waals surface area contributed by atoms with Crippen LogP contribution >= 0.6 is 22.7 Å². The van der Waals surface area contributed by atoms with Crippen molar-refractivity contribution in [2.45, 2.75) is 123 Å². The van der Waals surface area contributed by atoms with Crippen LogP contribution in [0.5, 0.6) is 5.75 Å². The number of hydrogen-bond donors (Lipinski definition) is 3. The van der Waals surface area contributed by atoms with E-state index in [4.69, 9.17) is 15.2 Å². The van der Waals surface area contributed by atoms with Gasteiger partial charge in [-0.1, -0.05) is 55.4 Å².